The molecule has 1 aromatic carbocycles. The first kappa shape index (κ1) is 12.7. The molecule has 0 aliphatic heterocycles. The Hall–Kier alpha value is -1.39. The molecule has 0 saturated carbocycles. The summed E-state index contributed by atoms with van der Waals surface area (Å²) in [6.45, 7) is 4.06. The fourth-order valence-electron chi connectivity index (χ4n) is 1.44. The lowest BCUT2D eigenvalue weighted by Gasteiger charge is -2.16. The largest absolute Gasteiger partial charge is 0.480 e. The van der Waals surface area contributed by atoms with Gasteiger partial charge in [0.15, 0.2) is 0 Å². The summed E-state index contributed by atoms with van der Waals surface area (Å²) >= 11 is 0. The third kappa shape index (κ3) is 2.81. The molecule has 4 heteroatoms. The van der Waals surface area contributed by atoms with Crippen LogP contribution in [0.25, 0.3) is 0 Å². The number of aliphatic hydroxyl groups excluding tert-OH is 1. The molecule has 0 saturated heterocycles. The zero-order valence-corrected chi connectivity index (χ0v) is 9.42. The molecule has 2 atom stereocenters. The number of carbonyl (C=O) groups is 1. The van der Waals surface area contributed by atoms with E-state index >= 15 is 0 Å². The normalized spacial score (nSPS) is 14.8. The lowest BCUT2D eigenvalue weighted by atomic mass is 9.96. The molecule has 0 bridgehead atoms. The van der Waals surface area contributed by atoms with Gasteiger partial charge in [-0.1, -0.05) is 38.1 Å². The average molecular weight is 223 g/mol. The number of aliphatic carboxylic acids is 1. The Bertz CT molecular complexity index is 376. The van der Waals surface area contributed by atoms with E-state index in [1.807, 2.05) is 19.9 Å². The van der Waals surface area contributed by atoms with Gasteiger partial charge in [-0.15, -0.1) is 0 Å². The number of carboxylic acid groups (broad SMARTS) is 1. The molecular formula is C12H17NO3. The van der Waals surface area contributed by atoms with Gasteiger partial charge < -0.3 is 15.9 Å². The predicted molar refractivity (Wildman–Crippen MR) is 61.1 cm³/mol. The highest BCUT2D eigenvalue weighted by molar-refractivity contribution is 5.74. The molecule has 0 fully saturated rings. The molecule has 0 aliphatic carbocycles. The monoisotopic (exact) mass is 223 g/mol. The summed E-state index contributed by atoms with van der Waals surface area (Å²) in [6.07, 6.45) is -1.17. The molecule has 0 aromatic heterocycles. The van der Waals surface area contributed by atoms with Crippen molar-refractivity contribution in [3.05, 3.63) is 35.4 Å². The summed E-state index contributed by atoms with van der Waals surface area (Å²) in [4.78, 5) is 10.6. The second kappa shape index (κ2) is 5.09. The number of aliphatic hydroxyl groups is 1. The Balaban J connectivity index is 2.95. The van der Waals surface area contributed by atoms with E-state index in [1.165, 1.54) is 0 Å². The number of benzene rings is 1. The average Bonchev–Trinajstić information content (AvgIpc) is 2.27. The van der Waals surface area contributed by atoms with Crippen LogP contribution in [0.1, 0.15) is 37.0 Å². The van der Waals surface area contributed by atoms with Gasteiger partial charge in [-0.2, -0.15) is 0 Å². The molecular weight excluding hydrogens is 206 g/mol. The molecule has 0 radical (unpaired) electrons. The summed E-state index contributed by atoms with van der Waals surface area (Å²) in [5.41, 5.74) is 6.96. The van der Waals surface area contributed by atoms with Crippen LogP contribution in [0.5, 0.6) is 0 Å². The van der Waals surface area contributed by atoms with Crippen molar-refractivity contribution < 1.29 is 15.0 Å². The SMILES string of the molecule is CC(C)c1cccc(C(O)C(N)C(=O)O)c1. The van der Waals surface area contributed by atoms with Crippen LogP contribution in [0.15, 0.2) is 24.3 Å². The van der Waals surface area contributed by atoms with Crippen molar-refractivity contribution in [1.82, 2.24) is 0 Å². The van der Waals surface area contributed by atoms with Gasteiger partial charge in [0.2, 0.25) is 0 Å². The first-order valence-corrected chi connectivity index (χ1v) is 5.19. The molecule has 1 aromatic rings. The molecule has 0 spiro atoms. The van der Waals surface area contributed by atoms with E-state index in [2.05, 4.69) is 0 Å². The van der Waals surface area contributed by atoms with Gasteiger partial charge in [0, 0.05) is 0 Å². The minimum Gasteiger partial charge on any atom is -0.480 e. The van der Waals surface area contributed by atoms with Gasteiger partial charge in [0.25, 0.3) is 0 Å². The van der Waals surface area contributed by atoms with Gasteiger partial charge in [-0.05, 0) is 17.0 Å². The molecule has 16 heavy (non-hydrogen) atoms. The Labute approximate surface area is 94.7 Å². The Kier molecular flexibility index (Phi) is 4.04. The zero-order valence-electron chi connectivity index (χ0n) is 9.42. The van der Waals surface area contributed by atoms with Crippen molar-refractivity contribution in [3.8, 4) is 0 Å². The van der Waals surface area contributed by atoms with E-state index in [9.17, 15) is 9.90 Å². The van der Waals surface area contributed by atoms with Gasteiger partial charge in [0.05, 0.1) is 0 Å². The fourth-order valence-corrected chi connectivity index (χ4v) is 1.44. The second-order valence-electron chi connectivity index (χ2n) is 4.13. The van der Waals surface area contributed by atoms with Crippen LogP contribution < -0.4 is 5.73 Å². The predicted octanol–water partition coefficient (Wildman–Crippen LogP) is 1.26. The third-order valence-corrected chi connectivity index (χ3v) is 2.54. The van der Waals surface area contributed by atoms with Crippen molar-refractivity contribution in [3.63, 3.8) is 0 Å². The molecule has 2 unspecified atom stereocenters. The quantitative estimate of drug-likeness (QED) is 0.717. The van der Waals surface area contributed by atoms with Crippen LogP contribution >= 0.6 is 0 Å². The van der Waals surface area contributed by atoms with Gasteiger partial charge in [-0.3, -0.25) is 4.79 Å². The van der Waals surface area contributed by atoms with E-state index in [4.69, 9.17) is 10.8 Å². The van der Waals surface area contributed by atoms with Gasteiger partial charge >= 0.3 is 5.97 Å². The molecule has 0 heterocycles. The molecule has 0 aliphatic rings. The zero-order chi connectivity index (χ0) is 12.3. The number of carboxylic acids is 1. The van der Waals surface area contributed by atoms with Crippen molar-refractivity contribution in [2.45, 2.75) is 31.9 Å². The smallest absolute Gasteiger partial charge is 0.323 e. The molecule has 0 amide bonds. The van der Waals surface area contributed by atoms with Crippen LogP contribution in [0.3, 0.4) is 0 Å². The lowest BCUT2D eigenvalue weighted by molar-refractivity contribution is -0.141. The summed E-state index contributed by atoms with van der Waals surface area (Å²) in [5.74, 6) is -0.879. The maximum absolute atomic E-state index is 10.6. The molecule has 4 N–H and O–H groups in total. The first-order chi connectivity index (χ1) is 7.43. The van der Waals surface area contributed by atoms with Crippen LogP contribution in [0, 0.1) is 0 Å². The van der Waals surface area contributed by atoms with Crippen LogP contribution in [0.4, 0.5) is 0 Å². The molecule has 4 nitrogen and oxygen atoms in total. The highest BCUT2D eigenvalue weighted by atomic mass is 16.4. The molecule has 1 rings (SSSR count). The Morgan fingerprint density at radius 3 is 2.38 bits per heavy atom. The number of nitrogens with two attached hydrogens (primary N) is 1. The van der Waals surface area contributed by atoms with Gasteiger partial charge in [0.1, 0.15) is 12.1 Å². The lowest BCUT2D eigenvalue weighted by Crippen LogP contribution is -2.36. The van der Waals surface area contributed by atoms with E-state index in [0.29, 0.717) is 11.5 Å². The van der Waals surface area contributed by atoms with Crippen molar-refractivity contribution >= 4 is 5.97 Å². The van der Waals surface area contributed by atoms with E-state index in [0.717, 1.165) is 5.56 Å². The van der Waals surface area contributed by atoms with Crippen LogP contribution in [0.2, 0.25) is 0 Å². The van der Waals surface area contributed by atoms with Crippen molar-refractivity contribution in [1.29, 1.82) is 0 Å². The minimum atomic E-state index is -1.29. The standard InChI is InChI=1S/C12H17NO3/c1-7(2)8-4-3-5-9(6-8)11(14)10(13)12(15)16/h3-7,10-11,14H,13H2,1-2H3,(H,15,16). The summed E-state index contributed by atoms with van der Waals surface area (Å²) in [5, 5.41) is 18.5. The van der Waals surface area contributed by atoms with Crippen LogP contribution in [-0.2, 0) is 4.79 Å². The Morgan fingerprint density at radius 2 is 1.88 bits per heavy atom. The molecule has 88 valence electrons. The maximum Gasteiger partial charge on any atom is 0.323 e. The number of hydrogen-bond acceptors (Lipinski definition) is 3. The Morgan fingerprint density at radius 1 is 1.31 bits per heavy atom. The summed E-state index contributed by atoms with van der Waals surface area (Å²) < 4.78 is 0. The minimum absolute atomic E-state index is 0.327. The fraction of sp³-hybridized carbons (Fsp3) is 0.417. The summed E-state index contributed by atoms with van der Waals surface area (Å²) in [6, 6.07) is 5.91. The topological polar surface area (TPSA) is 83.5 Å². The number of rotatable bonds is 4. The number of hydrogen-bond donors (Lipinski definition) is 3. The highest BCUT2D eigenvalue weighted by Gasteiger charge is 2.23. The van der Waals surface area contributed by atoms with Crippen LogP contribution in [-0.4, -0.2) is 22.2 Å². The second-order valence-corrected chi connectivity index (χ2v) is 4.13. The van der Waals surface area contributed by atoms with Crippen molar-refractivity contribution in [2.75, 3.05) is 0 Å². The third-order valence-electron chi connectivity index (χ3n) is 2.54. The highest BCUT2D eigenvalue weighted by Crippen LogP contribution is 2.21. The van der Waals surface area contributed by atoms with Crippen molar-refractivity contribution in [2.24, 2.45) is 5.73 Å². The van der Waals surface area contributed by atoms with E-state index in [1.54, 1.807) is 18.2 Å². The maximum atomic E-state index is 10.6. The first-order valence-electron chi connectivity index (χ1n) is 5.19. The summed E-state index contributed by atoms with van der Waals surface area (Å²) in [7, 11) is 0. The van der Waals surface area contributed by atoms with E-state index < -0.39 is 18.1 Å². The van der Waals surface area contributed by atoms with E-state index in [-0.39, 0.29) is 0 Å². The van der Waals surface area contributed by atoms with Gasteiger partial charge in [-0.25, -0.2) is 0 Å².